The molecule has 0 saturated carbocycles. The average molecular weight is 291 g/mol. The second kappa shape index (κ2) is 6.31. The first-order valence-corrected chi connectivity index (χ1v) is 7.99. The molecule has 0 radical (unpaired) electrons. The largest absolute Gasteiger partial charge is 0.478 e. The van der Waals surface area contributed by atoms with Crippen molar-refractivity contribution < 1.29 is 18.3 Å². The molecule has 0 aliphatic carbocycles. The molecule has 0 aliphatic heterocycles. The zero-order valence-corrected chi connectivity index (χ0v) is 12.1. The van der Waals surface area contributed by atoms with Crippen molar-refractivity contribution in [2.45, 2.75) is 30.4 Å². The molecule has 102 valence electrons. The molecule has 0 unspecified atom stereocenters. The summed E-state index contributed by atoms with van der Waals surface area (Å²) in [6, 6.07) is 1.21. The first kappa shape index (κ1) is 15.1. The van der Waals surface area contributed by atoms with Gasteiger partial charge in [0.1, 0.15) is 4.21 Å². The Morgan fingerprint density at radius 2 is 2.11 bits per heavy atom. The van der Waals surface area contributed by atoms with Crippen molar-refractivity contribution in [1.82, 2.24) is 4.31 Å². The summed E-state index contributed by atoms with van der Waals surface area (Å²) >= 11 is 0.942. The molecule has 7 heteroatoms. The molecule has 18 heavy (non-hydrogen) atoms. The van der Waals surface area contributed by atoms with Gasteiger partial charge < -0.3 is 5.11 Å². The Morgan fingerprint density at radius 3 is 2.61 bits per heavy atom. The van der Waals surface area contributed by atoms with E-state index >= 15 is 0 Å². The summed E-state index contributed by atoms with van der Waals surface area (Å²) < 4.78 is 25.6. The van der Waals surface area contributed by atoms with Gasteiger partial charge in [-0.15, -0.1) is 11.3 Å². The lowest BCUT2D eigenvalue weighted by molar-refractivity contribution is 0.0697. The maximum absolute atomic E-state index is 12.1. The minimum absolute atomic E-state index is 0.0144. The van der Waals surface area contributed by atoms with E-state index in [1.54, 1.807) is 0 Å². The standard InChI is InChI=1S/C11H17NO4S2/c1-3-4-5-6-12(2)18(15,16)10-7-9(8-17-10)11(13)14/h7-8H,3-6H2,1-2H3,(H,13,14). The first-order valence-electron chi connectivity index (χ1n) is 5.67. The molecule has 0 spiro atoms. The zero-order chi connectivity index (χ0) is 13.8. The monoisotopic (exact) mass is 291 g/mol. The Labute approximate surface area is 111 Å². The fraction of sp³-hybridized carbons (Fsp3) is 0.545. The fourth-order valence-corrected chi connectivity index (χ4v) is 3.99. The summed E-state index contributed by atoms with van der Waals surface area (Å²) in [5.41, 5.74) is 0.0144. The molecule has 0 aromatic carbocycles. The van der Waals surface area contributed by atoms with Gasteiger partial charge in [-0.05, 0) is 12.5 Å². The van der Waals surface area contributed by atoms with Gasteiger partial charge in [0.05, 0.1) is 5.56 Å². The number of thiophene rings is 1. The molecule has 0 fully saturated rings. The van der Waals surface area contributed by atoms with Gasteiger partial charge in [-0.2, -0.15) is 0 Å². The van der Waals surface area contributed by atoms with E-state index in [2.05, 4.69) is 0 Å². The number of aromatic carboxylic acids is 1. The number of carboxylic acid groups (broad SMARTS) is 1. The van der Waals surface area contributed by atoms with Crippen molar-refractivity contribution in [3.63, 3.8) is 0 Å². The molecule has 1 aromatic rings. The number of carboxylic acids is 1. The molecule has 1 heterocycles. The van der Waals surface area contributed by atoms with Crippen LogP contribution in [0, 0.1) is 0 Å². The minimum Gasteiger partial charge on any atom is -0.478 e. The number of nitrogens with zero attached hydrogens (tertiary/aromatic N) is 1. The number of sulfonamides is 1. The van der Waals surface area contributed by atoms with Gasteiger partial charge in [-0.25, -0.2) is 17.5 Å². The lowest BCUT2D eigenvalue weighted by Gasteiger charge is -2.15. The maximum atomic E-state index is 12.1. The Kier molecular flexibility index (Phi) is 5.30. The lowest BCUT2D eigenvalue weighted by Crippen LogP contribution is -2.27. The first-order chi connectivity index (χ1) is 8.39. The van der Waals surface area contributed by atoms with Crippen LogP contribution in [0.2, 0.25) is 0 Å². The van der Waals surface area contributed by atoms with Crippen LogP contribution in [0.15, 0.2) is 15.7 Å². The van der Waals surface area contributed by atoms with E-state index in [1.807, 2.05) is 6.92 Å². The SMILES string of the molecule is CCCCCN(C)S(=O)(=O)c1cc(C(=O)O)cs1. The van der Waals surface area contributed by atoms with Gasteiger partial charge in [-0.1, -0.05) is 19.8 Å². The van der Waals surface area contributed by atoms with E-state index < -0.39 is 16.0 Å². The van der Waals surface area contributed by atoms with Crippen molar-refractivity contribution in [3.8, 4) is 0 Å². The van der Waals surface area contributed by atoms with Crippen LogP contribution in [-0.4, -0.2) is 37.4 Å². The maximum Gasteiger partial charge on any atom is 0.336 e. The molecular formula is C11H17NO4S2. The fourth-order valence-electron chi connectivity index (χ4n) is 1.42. The van der Waals surface area contributed by atoms with Gasteiger partial charge in [0, 0.05) is 19.0 Å². The number of hydrogen-bond donors (Lipinski definition) is 1. The van der Waals surface area contributed by atoms with Crippen LogP contribution >= 0.6 is 11.3 Å². The van der Waals surface area contributed by atoms with Crippen LogP contribution in [0.3, 0.4) is 0 Å². The molecule has 0 aliphatic rings. The topological polar surface area (TPSA) is 74.7 Å². The summed E-state index contributed by atoms with van der Waals surface area (Å²) in [6.07, 6.45) is 2.81. The minimum atomic E-state index is -3.54. The molecular weight excluding hydrogens is 274 g/mol. The lowest BCUT2D eigenvalue weighted by atomic mass is 10.2. The van der Waals surface area contributed by atoms with Crippen molar-refractivity contribution in [2.75, 3.05) is 13.6 Å². The predicted octanol–water partition coefficient (Wildman–Crippen LogP) is 2.26. The number of hydrogen-bond acceptors (Lipinski definition) is 4. The van der Waals surface area contributed by atoms with Gasteiger partial charge >= 0.3 is 5.97 Å². The van der Waals surface area contributed by atoms with Crippen molar-refractivity contribution in [3.05, 3.63) is 17.0 Å². The highest BCUT2D eigenvalue weighted by atomic mass is 32.2. The third-order valence-corrected chi connectivity index (χ3v) is 5.84. The summed E-state index contributed by atoms with van der Waals surface area (Å²) in [5, 5.41) is 10.1. The van der Waals surface area contributed by atoms with E-state index in [-0.39, 0.29) is 9.77 Å². The van der Waals surface area contributed by atoms with Gasteiger partial charge in [-0.3, -0.25) is 0 Å². The molecule has 1 rings (SSSR count). The zero-order valence-electron chi connectivity index (χ0n) is 10.4. The molecule has 0 bridgehead atoms. The summed E-state index contributed by atoms with van der Waals surface area (Å²) in [5.74, 6) is -1.11. The van der Waals surface area contributed by atoms with Gasteiger partial charge in [0.2, 0.25) is 0 Å². The normalized spacial score (nSPS) is 11.9. The van der Waals surface area contributed by atoms with Crippen LogP contribution in [0.25, 0.3) is 0 Å². The third-order valence-electron chi connectivity index (χ3n) is 2.56. The average Bonchev–Trinajstić information content (AvgIpc) is 2.79. The Morgan fingerprint density at radius 1 is 1.44 bits per heavy atom. The molecule has 0 amide bonds. The Hall–Kier alpha value is -0.920. The highest BCUT2D eigenvalue weighted by molar-refractivity contribution is 7.91. The molecule has 1 N–H and O–H groups in total. The number of unbranched alkanes of at least 4 members (excludes halogenated alkanes) is 2. The quantitative estimate of drug-likeness (QED) is 0.782. The highest BCUT2D eigenvalue weighted by Gasteiger charge is 2.23. The second-order valence-electron chi connectivity index (χ2n) is 3.99. The van der Waals surface area contributed by atoms with Crippen molar-refractivity contribution >= 4 is 27.3 Å². The molecule has 0 atom stereocenters. The van der Waals surface area contributed by atoms with Crippen molar-refractivity contribution in [2.24, 2.45) is 0 Å². The van der Waals surface area contributed by atoms with Crippen LogP contribution in [0.5, 0.6) is 0 Å². The van der Waals surface area contributed by atoms with Crippen LogP contribution in [0.1, 0.15) is 36.5 Å². The second-order valence-corrected chi connectivity index (χ2v) is 7.18. The van der Waals surface area contributed by atoms with E-state index in [1.165, 1.54) is 22.8 Å². The number of rotatable bonds is 7. The Balaban J connectivity index is 2.81. The van der Waals surface area contributed by atoms with E-state index in [0.717, 1.165) is 30.6 Å². The highest BCUT2D eigenvalue weighted by Crippen LogP contribution is 2.23. The molecule has 0 saturated heterocycles. The summed E-state index contributed by atoms with van der Waals surface area (Å²) in [6.45, 7) is 2.50. The van der Waals surface area contributed by atoms with Crippen LogP contribution < -0.4 is 0 Å². The molecule has 1 aromatic heterocycles. The third kappa shape index (κ3) is 3.54. The van der Waals surface area contributed by atoms with Gasteiger partial charge in [0.15, 0.2) is 0 Å². The van der Waals surface area contributed by atoms with E-state index in [9.17, 15) is 13.2 Å². The smallest absolute Gasteiger partial charge is 0.336 e. The number of carbonyl (C=O) groups is 1. The van der Waals surface area contributed by atoms with E-state index in [4.69, 9.17) is 5.11 Å². The van der Waals surface area contributed by atoms with Crippen molar-refractivity contribution in [1.29, 1.82) is 0 Å². The van der Waals surface area contributed by atoms with Gasteiger partial charge in [0.25, 0.3) is 10.0 Å². The van der Waals surface area contributed by atoms with Crippen LogP contribution in [0.4, 0.5) is 0 Å². The summed E-state index contributed by atoms with van der Waals surface area (Å²) in [7, 11) is -2.02. The summed E-state index contributed by atoms with van der Waals surface area (Å²) in [4.78, 5) is 10.7. The Bertz CT molecular complexity index is 507. The molecule has 5 nitrogen and oxygen atoms in total. The van der Waals surface area contributed by atoms with E-state index in [0.29, 0.717) is 6.54 Å². The van der Waals surface area contributed by atoms with Crippen LogP contribution in [-0.2, 0) is 10.0 Å². The predicted molar refractivity (Wildman–Crippen MR) is 70.6 cm³/mol.